The molecule has 2 bridgehead atoms. The molecular formula is C19H30BrN3O5. The molecule has 3 saturated heterocycles. The summed E-state index contributed by atoms with van der Waals surface area (Å²) in [6.45, 7) is 6.04. The Morgan fingerprint density at radius 3 is 2.57 bits per heavy atom. The molecule has 3 amide bonds. The fraction of sp³-hybridized carbons (Fsp3) is 0.842. The maximum Gasteiger partial charge on any atom is 0.246 e. The Morgan fingerprint density at radius 1 is 1.32 bits per heavy atom. The van der Waals surface area contributed by atoms with Gasteiger partial charge in [0.25, 0.3) is 0 Å². The van der Waals surface area contributed by atoms with Crippen LogP contribution >= 0.6 is 15.9 Å². The first kappa shape index (κ1) is 21.5. The van der Waals surface area contributed by atoms with Crippen LogP contribution in [0.25, 0.3) is 0 Å². The zero-order valence-electron chi connectivity index (χ0n) is 16.8. The minimum Gasteiger partial charge on any atom is -0.396 e. The molecule has 6 atom stereocenters. The molecule has 3 N–H and O–H groups in total. The molecule has 0 aromatic rings. The summed E-state index contributed by atoms with van der Waals surface area (Å²) < 4.78 is 6.31. The number of carbonyl (C=O) groups is 3. The van der Waals surface area contributed by atoms with Gasteiger partial charge < -0.3 is 25.4 Å². The molecule has 3 aliphatic rings. The second-order valence-corrected chi connectivity index (χ2v) is 10.2. The lowest BCUT2D eigenvalue weighted by Gasteiger charge is -2.35. The molecule has 1 spiro atoms. The Kier molecular flexibility index (Phi) is 5.82. The van der Waals surface area contributed by atoms with Gasteiger partial charge in [0.2, 0.25) is 17.7 Å². The van der Waals surface area contributed by atoms with Crippen LogP contribution in [0.3, 0.4) is 0 Å². The first-order chi connectivity index (χ1) is 13.1. The summed E-state index contributed by atoms with van der Waals surface area (Å²) in [6.07, 6.45) is 1.19. The number of aliphatic hydroxyl groups excluding tert-OH is 1. The molecule has 9 heteroatoms. The van der Waals surface area contributed by atoms with Crippen LogP contribution in [0.5, 0.6) is 0 Å². The summed E-state index contributed by atoms with van der Waals surface area (Å²) >= 11 is 3.61. The third-order valence-electron chi connectivity index (χ3n) is 5.89. The molecule has 3 aliphatic heterocycles. The number of ether oxygens (including phenoxy) is 1. The number of nitrogens with one attached hydrogen (secondary N) is 2. The van der Waals surface area contributed by atoms with Crippen LogP contribution < -0.4 is 10.6 Å². The highest BCUT2D eigenvalue weighted by molar-refractivity contribution is 9.09. The van der Waals surface area contributed by atoms with Crippen molar-refractivity contribution in [2.24, 2.45) is 11.8 Å². The van der Waals surface area contributed by atoms with E-state index in [2.05, 4.69) is 26.6 Å². The summed E-state index contributed by atoms with van der Waals surface area (Å²) in [4.78, 5) is 40.7. The largest absolute Gasteiger partial charge is 0.396 e. The Morgan fingerprint density at radius 2 is 2.00 bits per heavy atom. The number of likely N-dealkylation sites (tertiary alicyclic amines) is 1. The highest BCUT2D eigenvalue weighted by atomic mass is 79.9. The Labute approximate surface area is 173 Å². The first-order valence-corrected chi connectivity index (χ1v) is 10.8. The smallest absolute Gasteiger partial charge is 0.246 e. The highest BCUT2D eigenvalue weighted by Crippen LogP contribution is 2.59. The van der Waals surface area contributed by atoms with Crippen LogP contribution in [0.15, 0.2) is 0 Å². The monoisotopic (exact) mass is 459 g/mol. The number of halogens is 1. The Balaban J connectivity index is 2.00. The van der Waals surface area contributed by atoms with Crippen LogP contribution in [0.2, 0.25) is 0 Å². The molecule has 0 radical (unpaired) electrons. The predicted octanol–water partition coefficient (Wildman–Crippen LogP) is 0.168. The molecule has 8 nitrogen and oxygen atoms in total. The average molecular weight is 460 g/mol. The molecule has 3 heterocycles. The summed E-state index contributed by atoms with van der Waals surface area (Å²) in [5, 5.41) is 14.7. The number of hydrogen-bond donors (Lipinski definition) is 3. The minimum absolute atomic E-state index is 0.0262. The number of alkyl halides is 1. The number of unbranched alkanes of at least 4 members (excludes halogenated alkanes) is 1. The summed E-state index contributed by atoms with van der Waals surface area (Å²) in [6, 6.07) is -0.789. The Hall–Kier alpha value is -1.19. The van der Waals surface area contributed by atoms with Gasteiger partial charge in [-0.2, -0.15) is 0 Å². The lowest BCUT2D eigenvalue weighted by atomic mass is 9.70. The van der Waals surface area contributed by atoms with Gasteiger partial charge in [0.1, 0.15) is 11.6 Å². The van der Waals surface area contributed by atoms with E-state index in [-0.39, 0.29) is 29.2 Å². The van der Waals surface area contributed by atoms with Crippen molar-refractivity contribution in [3.63, 3.8) is 0 Å². The van der Waals surface area contributed by atoms with E-state index >= 15 is 0 Å². The normalized spacial score (nSPS) is 36.6. The van der Waals surface area contributed by atoms with Gasteiger partial charge in [0, 0.05) is 30.6 Å². The summed E-state index contributed by atoms with van der Waals surface area (Å²) in [5.74, 6) is -1.99. The van der Waals surface area contributed by atoms with E-state index in [0.717, 1.165) is 0 Å². The number of rotatable bonds is 6. The van der Waals surface area contributed by atoms with Gasteiger partial charge in [-0.15, -0.1) is 0 Å². The van der Waals surface area contributed by atoms with Crippen LogP contribution in [0.1, 0.15) is 40.0 Å². The second-order valence-electron chi connectivity index (χ2n) is 8.98. The van der Waals surface area contributed by atoms with Crippen LogP contribution in [0.4, 0.5) is 0 Å². The minimum atomic E-state index is -1.01. The maximum absolute atomic E-state index is 13.4. The number of nitrogens with zero attached hydrogens (tertiary/aromatic N) is 1. The van der Waals surface area contributed by atoms with Gasteiger partial charge in [-0.25, -0.2) is 0 Å². The molecule has 0 saturated carbocycles. The summed E-state index contributed by atoms with van der Waals surface area (Å²) in [5.41, 5.74) is -1.47. The van der Waals surface area contributed by atoms with Crippen molar-refractivity contribution < 1.29 is 24.2 Å². The van der Waals surface area contributed by atoms with E-state index in [0.29, 0.717) is 25.8 Å². The zero-order chi connectivity index (χ0) is 20.9. The average Bonchev–Trinajstić information content (AvgIpc) is 3.17. The third-order valence-corrected chi connectivity index (χ3v) is 6.74. The molecule has 158 valence electrons. The molecular weight excluding hydrogens is 430 g/mol. The molecule has 0 aromatic heterocycles. The van der Waals surface area contributed by atoms with Gasteiger partial charge in [-0.05, 0) is 40.0 Å². The van der Waals surface area contributed by atoms with E-state index in [1.54, 1.807) is 11.9 Å². The van der Waals surface area contributed by atoms with Crippen molar-refractivity contribution in [2.45, 2.75) is 68.1 Å². The first-order valence-electron chi connectivity index (χ1n) is 9.84. The van der Waals surface area contributed by atoms with E-state index in [1.807, 2.05) is 20.8 Å². The van der Waals surface area contributed by atoms with Crippen LogP contribution in [-0.2, 0) is 19.1 Å². The third kappa shape index (κ3) is 3.35. The molecule has 3 unspecified atom stereocenters. The van der Waals surface area contributed by atoms with Gasteiger partial charge in [0.05, 0.1) is 17.9 Å². The zero-order valence-corrected chi connectivity index (χ0v) is 18.4. The van der Waals surface area contributed by atoms with Gasteiger partial charge in [-0.3, -0.25) is 14.4 Å². The van der Waals surface area contributed by atoms with Gasteiger partial charge in [-0.1, -0.05) is 15.9 Å². The van der Waals surface area contributed by atoms with Crippen LogP contribution in [-0.4, -0.2) is 76.0 Å². The Bertz CT molecular complexity index is 666. The van der Waals surface area contributed by atoms with E-state index in [4.69, 9.17) is 9.84 Å². The van der Waals surface area contributed by atoms with E-state index in [1.165, 1.54) is 0 Å². The van der Waals surface area contributed by atoms with Gasteiger partial charge >= 0.3 is 0 Å². The second kappa shape index (κ2) is 7.57. The lowest BCUT2D eigenvalue weighted by molar-refractivity contribution is -0.142. The van der Waals surface area contributed by atoms with Crippen molar-refractivity contribution in [1.82, 2.24) is 15.5 Å². The molecule has 3 fully saturated rings. The SMILES string of the molecule is CNC(=O)[C@H]1[C@H]2C(=O)N(CCCCO)C(C(=O)NC(C)(C)C)C23CC(Br)[C@@H]1O3. The number of aliphatic hydroxyl groups is 1. The summed E-state index contributed by atoms with van der Waals surface area (Å²) in [7, 11) is 1.55. The standard InChI is InChI=1S/C19H30BrN3O5/c1-18(2,3)22-16(26)14-19-9-10(20)13(28-19)11(15(25)21-4)12(19)17(27)23(14)7-5-6-8-24/h10-14,24H,5-9H2,1-4H3,(H,21,25)(H,22,26)/t10?,11-,12-,13-,14?,19?/m0/s1. The van der Waals surface area contributed by atoms with E-state index < -0.39 is 35.1 Å². The quantitative estimate of drug-likeness (QED) is 0.387. The topological polar surface area (TPSA) is 108 Å². The fourth-order valence-corrected chi connectivity index (χ4v) is 5.91. The number of carbonyl (C=O) groups excluding carboxylic acids is 3. The number of amides is 3. The van der Waals surface area contributed by atoms with Crippen molar-refractivity contribution >= 4 is 33.7 Å². The molecule has 3 rings (SSSR count). The molecule has 28 heavy (non-hydrogen) atoms. The van der Waals surface area contributed by atoms with Crippen molar-refractivity contribution in [1.29, 1.82) is 0 Å². The van der Waals surface area contributed by atoms with E-state index in [9.17, 15) is 14.4 Å². The predicted molar refractivity (Wildman–Crippen MR) is 106 cm³/mol. The number of hydrogen-bond acceptors (Lipinski definition) is 5. The van der Waals surface area contributed by atoms with Crippen molar-refractivity contribution in [3.8, 4) is 0 Å². The lowest BCUT2D eigenvalue weighted by Crippen LogP contribution is -2.58. The van der Waals surface area contributed by atoms with Crippen LogP contribution in [0, 0.1) is 11.8 Å². The number of fused-ring (bicyclic) bond motifs is 1. The fourth-order valence-electron chi connectivity index (χ4n) is 4.97. The van der Waals surface area contributed by atoms with Gasteiger partial charge in [0.15, 0.2) is 0 Å². The van der Waals surface area contributed by atoms with Crippen molar-refractivity contribution in [2.75, 3.05) is 20.2 Å². The molecule has 0 aliphatic carbocycles. The van der Waals surface area contributed by atoms with Crippen molar-refractivity contribution in [3.05, 3.63) is 0 Å². The molecule has 0 aromatic carbocycles. The highest BCUT2D eigenvalue weighted by Gasteiger charge is 2.76. The maximum atomic E-state index is 13.4.